The molecule has 1 atom stereocenters. The molecule has 0 amide bonds. The first-order chi connectivity index (χ1) is 8.24. The van der Waals surface area contributed by atoms with Gasteiger partial charge >= 0.3 is 0 Å². The van der Waals surface area contributed by atoms with Gasteiger partial charge in [0.05, 0.1) is 6.10 Å². The molecule has 0 aromatic heterocycles. The van der Waals surface area contributed by atoms with Crippen molar-refractivity contribution < 1.29 is 5.11 Å². The predicted octanol–water partition coefficient (Wildman–Crippen LogP) is 1.86. The number of hydrogen-bond acceptors (Lipinski definition) is 3. The molecule has 2 rings (SSSR count). The van der Waals surface area contributed by atoms with Gasteiger partial charge in [0.1, 0.15) is 0 Å². The Kier molecular flexibility index (Phi) is 4.40. The molecule has 1 heterocycles. The number of aliphatic hydroxyl groups excluding tert-OH is 1. The minimum absolute atomic E-state index is 0.284. The average Bonchev–Trinajstić information content (AvgIpc) is 2.79. The molecule has 1 unspecified atom stereocenters. The van der Waals surface area contributed by atoms with Gasteiger partial charge < -0.3 is 15.3 Å². The third kappa shape index (κ3) is 4.02. The van der Waals surface area contributed by atoms with Crippen LogP contribution in [-0.4, -0.2) is 42.3 Å². The van der Waals surface area contributed by atoms with Crippen molar-refractivity contribution in [1.29, 1.82) is 0 Å². The quantitative estimate of drug-likeness (QED) is 0.816. The molecule has 1 saturated heterocycles. The maximum atomic E-state index is 9.94. The van der Waals surface area contributed by atoms with Crippen molar-refractivity contribution in [1.82, 2.24) is 4.90 Å². The van der Waals surface area contributed by atoms with Gasteiger partial charge in [0, 0.05) is 18.8 Å². The van der Waals surface area contributed by atoms with Crippen LogP contribution in [0.5, 0.6) is 0 Å². The number of aliphatic hydroxyl groups is 1. The Balaban J connectivity index is 1.73. The van der Waals surface area contributed by atoms with Gasteiger partial charge in [0.2, 0.25) is 0 Å². The Bertz CT molecular complexity index is 348. The second-order valence-corrected chi connectivity index (χ2v) is 4.91. The van der Waals surface area contributed by atoms with E-state index in [4.69, 9.17) is 0 Å². The molecular formula is C14H22N2O. The number of likely N-dealkylation sites (tertiary alicyclic amines) is 1. The summed E-state index contributed by atoms with van der Waals surface area (Å²) in [6.07, 6.45) is 2.27. The average molecular weight is 234 g/mol. The van der Waals surface area contributed by atoms with E-state index in [1.807, 2.05) is 12.1 Å². The van der Waals surface area contributed by atoms with E-state index in [9.17, 15) is 5.11 Å². The molecule has 3 nitrogen and oxygen atoms in total. The number of nitrogens with zero attached hydrogens (tertiary/aromatic N) is 1. The van der Waals surface area contributed by atoms with Gasteiger partial charge in [0.25, 0.3) is 0 Å². The number of β-amino-alcohol motifs (C(OH)–C–C–N with tert-alkyl or cyclic N) is 1. The summed E-state index contributed by atoms with van der Waals surface area (Å²) in [6.45, 7) is 5.77. The second-order valence-electron chi connectivity index (χ2n) is 4.91. The normalized spacial score (nSPS) is 18.2. The van der Waals surface area contributed by atoms with Gasteiger partial charge in [-0.2, -0.15) is 0 Å². The number of aryl methyl sites for hydroxylation is 1. The summed E-state index contributed by atoms with van der Waals surface area (Å²) in [7, 11) is 0. The highest BCUT2D eigenvalue weighted by Gasteiger charge is 2.15. The first-order valence-corrected chi connectivity index (χ1v) is 6.45. The lowest BCUT2D eigenvalue weighted by Gasteiger charge is -2.20. The van der Waals surface area contributed by atoms with Crippen LogP contribution in [0.15, 0.2) is 24.3 Å². The Morgan fingerprint density at radius 3 is 2.82 bits per heavy atom. The number of rotatable bonds is 5. The van der Waals surface area contributed by atoms with Crippen LogP contribution >= 0.6 is 0 Å². The van der Waals surface area contributed by atoms with Gasteiger partial charge in [-0.3, -0.25) is 0 Å². The Morgan fingerprint density at radius 2 is 2.12 bits per heavy atom. The maximum absolute atomic E-state index is 9.94. The zero-order valence-electron chi connectivity index (χ0n) is 10.5. The van der Waals surface area contributed by atoms with Crippen LogP contribution in [0.3, 0.4) is 0 Å². The highest BCUT2D eigenvalue weighted by molar-refractivity contribution is 5.45. The number of nitrogens with one attached hydrogen (secondary N) is 1. The second kappa shape index (κ2) is 6.03. The Morgan fingerprint density at radius 1 is 1.35 bits per heavy atom. The van der Waals surface area contributed by atoms with Crippen LogP contribution in [0.2, 0.25) is 0 Å². The predicted molar refractivity (Wildman–Crippen MR) is 71.3 cm³/mol. The molecule has 0 spiro atoms. The van der Waals surface area contributed by atoms with Crippen LogP contribution in [0.1, 0.15) is 18.4 Å². The molecule has 1 aliphatic rings. The van der Waals surface area contributed by atoms with Crippen molar-refractivity contribution >= 4 is 5.69 Å². The molecule has 0 radical (unpaired) electrons. The van der Waals surface area contributed by atoms with Crippen molar-refractivity contribution in [2.75, 3.05) is 31.5 Å². The fourth-order valence-electron chi connectivity index (χ4n) is 2.32. The van der Waals surface area contributed by atoms with E-state index >= 15 is 0 Å². The highest BCUT2D eigenvalue weighted by atomic mass is 16.3. The summed E-state index contributed by atoms with van der Waals surface area (Å²) in [6, 6.07) is 8.24. The van der Waals surface area contributed by atoms with E-state index < -0.39 is 0 Å². The van der Waals surface area contributed by atoms with E-state index in [2.05, 4.69) is 29.3 Å². The van der Waals surface area contributed by atoms with Crippen molar-refractivity contribution in [3.8, 4) is 0 Å². The lowest BCUT2D eigenvalue weighted by molar-refractivity contribution is 0.135. The fraction of sp³-hybridized carbons (Fsp3) is 0.571. The molecule has 94 valence electrons. The van der Waals surface area contributed by atoms with E-state index in [-0.39, 0.29) is 6.10 Å². The first-order valence-electron chi connectivity index (χ1n) is 6.45. The Labute approximate surface area is 103 Å². The standard InChI is InChI=1S/C14H22N2O/c1-12-5-4-6-13(9-12)15-10-14(17)11-16-7-2-3-8-16/h4-6,9,14-15,17H,2-3,7-8,10-11H2,1H3. The summed E-state index contributed by atoms with van der Waals surface area (Å²) < 4.78 is 0. The lowest BCUT2D eigenvalue weighted by Crippen LogP contribution is -2.34. The maximum Gasteiger partial charge on any atom is 0.0839 e. The summed E-state index contributed by atoms with van der Waals surface area (Å²) in [4.78, 5) is 2.34. The largest absolute Gasteiger partial charge is 0.390 e. The molecule has 1 aliphatic heterocycles. The number of hydrogen-bond donors (Lipinski definition) is 2. The zero-order chi connectivity index (χ0) is 12.1. The zero-order valence-corrected chi connectivity index (χ0v) is 10.5. The van der Waals surface area contributed by atoms with Crippen molar-refractivity contribution in [2.24, 2.45) is 0 Å². The first kappa shape index (κ1) is 12.4. The van der Waals surface area contributed by atoms with Crippen molar-refractivity contribution in [2.45, 2.75) is 25.9 Å². The van der Waals surface area contributed by atoms with Gasteiger partial charge in [-0.15, -0.1) is 0 Å². The van der Waals surface area contributed by atoms with Crippen LogP contribution < -0.4 is 5.32 Å². The Hall–Kier alpha value is -1.06. The molecule has 0 saturated carbocycles. The molecule has 0 aliphatic carbocycles. The van der Waals surface area contributed by atoms with E-state index in [1.165, 1.54) is 18.4 Å². The fourth-order valence-corrected chi connectivity index (χ4v) is 2.32. The topological polar surface area (TPSA) is 35.5 Å². The molecule has 2 N–H and O–H groups in total. The van der Waals surface area contributed by atoms with Crippen LogP contribution in [-0.2, 0) is 0 Å². The van der Waals surface area contributed by atoms with Crippen molar-refractivity contribution in [3.05, 3.63) is 29.8 Å². The van der Waals surface area contributed by atoms with Crippen LogP contribution in [0.25, 0.3) is 0 Å². The minimum Gasteiger partial charge on any atom is -0.390 e. The van der Waals surface area contributed by atoms with E-state index in [1.54, 1.807) is 0 Å². The molecule has 1 aromatic rings. The van der Waals surface area contributed by atoms with Crippen molar-refractivity contribution in [3.63, 3.8) is 0 Å². The number of benzene rings is 1. The molecular weight excluding hydrogens is 212 g/mol. The van der Waals surface area contributed by atoms with Gasteiger partial charge in [-0.25, -0.2) is 0 Å². The lowest BCUT2D eigenvalue weighted by atomic mass is 10.2. The molecule has 17 heavy (non-hydrogen) atoms. The third-order valence-corrected chi connectivity index (χ3v) is 3.23. The van der Waals surface area contributed by atoms with Gasteiger partial charge in [-0.1, -0.05) is 12.1 Å². The highest BCUT2D eigenvalue weighted by Crippen LogP contribution is 2.11. The SMILES string of the molecule is Cc1cccc(NCC(O)CN2CCCC2)c1. The number of anilines is 1. The monoisotopic (exact) mass is 234 g/mol. The smallest absolute Gasteiger partial charge is 0.0839 e. The van der Waals surface area contributed by atoms with Gasteiger partial charge in [0.15, 0.2) is 0 Å². The summed E-state index contributed by atoms with van der Waals surface area (Å²) >= 11 is 0. The van der Waals surface area contributed by atoms with E-state index in [0.29, 0.717) is 6.54 Å². The molecule has 0 bridgehead atoms. The summed E-state index contributed by atoms with van der Waals surface area (Å²) in [5, 5.41) is 13.2. The third-order valence-electron chi connectivity index (χ3n) is 3.23. The van der Waals surface area contributed by atoms with Gasteiger partial charge in [-0.05, 0) is 50.6 Å². The van der Waals surface area contributed by atoms with Crippen LogP contribution in [0.4, 0.5) is 5.69 Å². The van der Waals surface area contributed by atoms with E-state index in [0.717, 1.165) is 25.3 Å². The summed E-state index contributed by atoms with van der Waals surface area (Å²) in [5.41, 5.74) is 2.33. The summed E-state index contributed by atoms with van der Waals surface area (Å²) in [5.74, 6) is 0. The molecule has 1 fully saturated rings. The molecule has 3 heteroatoms. The van der Waals surface area contributed by atoms with Crippen LogP contribution in [0, 0.1) is 6.92 Å². The minimum atomic E-state index is -0.284. The molecule has 1 aromatic carbocycles.